The van der Waals surface area contributed by atoms with Crippen molar-refractivity contribution in [3.05, 3.63) is 59.7 Å². The summed E-state index contributed by atoms with van der Waals surface area (Å²) < 4.78 is 28.3. The normalized spacial score (nSPS) is 11.4. The molecule has 0 aliphatic carbocycles. The third-order valence-corrected chi connectivity index (χ3v) is 5.49. The highest BCUT2D eigenvalue weighted by atomic mass is 32.2. The molecule has 3 nitrogen and oxygen atoms in total. The van der Waals surface area contributed by atoms with Gasteiger partial charge in [0.2, 0.25) is 0 Å². The van der Waals surface area contributed by atoms with Gasteiger partial charge in [0.1, 0.15) is 0 Å². The Kier molecular flexibility index (Phi) is 6.85. The number of hydrogen-bond donors (Lipinski definition) is 1. The summed E-state index contributed by atoms with van der Waals surface area (Å²) in [5.74, 6) is 0. The largest absolute Gasteiger partial charge is 0.279 e. The molecule has 0 saturated heterocycles. The maximum atomic E-state index is 12.7. The van der Waals surface area contributed by atoms with E-state index in [0.29, 0.717) is 4.90 Å². The van der Waals surface area contributed by atoms with Crippen LogP contribution >= 0.6 is 0 Å². The lowest BCUT2D eigenvalue weighted by molar-refractivity contribution is 0.601. The van der Waals surface area contributed by atoms with E-state index in [0.717, 1.165) is 55.3 Å². The molecule has 0 unspecified atom stereocenters. The molecule has 2 aromatic rings. The van der Waals surface area contributed by atoms with E-state index in [4.69, 9.17) is 0 Å². The SMILES string of the molecule is CCCCc1cccc(CCCC)c1NS(=O)(=O)c1ccccc1. The first kappa shape index (κ1) is 18.5. The molecule has 0 aromatic heterocycles. The minimum absolute atomic E-state index is 0.303. The van der Waals surface area contributed by atoms with Gasteiger partial charge in [0.05, 0.1) is 10.6 Å². The molecule has 0 amide bonds. The predicted octanol–water partition coefficient (Wildman–Crippen LogP) is 5.17. The summed E-state index contributed by atoms with van der Waals surface area (Å²) in [5.41, 5.74) is 2.96. The van der Waals surface area contributed by atoms with Crippen molar-refractivity contribution in [2.45, 2.75) is 57.3 Å². The first-order chi connectivity index (χ1) is 11.6. The Labute approximate surface area is 146 Å². The zero-order chi connectivity index (χ0) is 17.4. The highest BCUT2D eigenvalue weighted by Gasteiger charge is 2.18. The summed E-state index contributed by atoms with van der Waals surface area (Å²) in [4.78, 5) is 0.303. The summed E-state index contributed by atoms with van der Waals surface area (Å²) in [7, 11) is -3.56. The molecule has 0 fully saturated rings. The smallest absolute Gasteiger partial charge is 0.261 e. The van der Waals surface area contributed by atoms with Gasteiger partial charge in [0.25, 0.3) is 10.0 Å². The third-order valence-electron chi connectivity index (χ3n) is 4.13. The van der Waals surface area contributed by atoms with Crippen molar-refractivity contribution in [2.75, 3.05) is 4.72 Å². The molecule has 0 atom stereocenters. The van der Waals surface area contributed by atoms with Crippen LogP contribution in [0.4, 0.5) is 5.69 Å². The lowest BCUT2D eigenvalue weighted by atomic mass is 9.99. The van der Waals surface area contributed by atoms with Gasteiger partial charge in [0.15, 0.2) is 0 Å². The van der Waals surface area contributed by atoms with Crippen molar-refractivity contribution in [3.8, 4) is 0 Å². The number of aryl methyl sites for hydroxylation is 2. The Morgan fingerprint density at radius 1 is 0.792 bits per heavy atom. The number of unbranched alkanes of at least 4 members (excludes halogenated alkanes) is 2. The van der Waals surface area contributed by atoms with E-state index in [-0.39, 0.29) is 0 Å². The number of hydrogen-bond acceptors (Lipinski definition) is 2. The van der Waals surface area contributed by atoms with Crippen molar-refractivity contribution in [1.29, 1.82) is 0 Å². The van der Waals surface area contributed by atoms with Crippen LogP contribution in [-0.4, -0.2) is 8.42 Å². The van der Waals surface area contributed by atoms with Gasteiger partial charge >= 0.3 is 0 Å². The van der Waals surface area contributed by atoms with Gasteiger partial charge in [-0.2, -0.15) is 0 Å². The highest BCUT2D eigenvalue weighted by molar-refractivity contribution is 7.92. The van der Waals surface area contributed by atoms with Crippen LogP contribution in [0.1, 0.15) is 50.7 Å². The van der Waals surface area contributed by atoms with Gasteiger partial charge in [-0.05, 0) is 48.9 Å². The van der Waals surface area contributed by atoms with E-state index in [1.807, 2.05) is 24.3 Å². The number of anilines is 1. The second kappa shape index (κ2) is 8.88. The summed E-state index contributed by atoms with van der Waals surface area (Å²) in [6.45, 7) is 4.30. The molecule has 0 aliphatic rings. The van der Waals surface area contributed by atoms with Crippen LogP contribution in [0.5, 0.6) is 0 Å². The maximum Gasteiger partial charge on any atom is 0.261 e. The molecule has 0 bridgehead atoms. The molecule has 1 N–H and O–H groups in total. The lowest BCUT2D eigenvalue weighted by Gasteiger charge is -2.17. The lowest BCUT2D eigenvalue weighted by Crippen LogP contribution is -2.16. The van der Waals surface area contributed by atoms with Crippen LogP contribution in [0.25, 0.3) is 0 Å². The fourth-order valence-electron chi connectivity index (χ4n) is 2.73. The maximum absolute atomic E-state index is 12.7. The van der Waals surface area contributed by atoms with Crippen molar-refractivity contribution in [1.82, 2.24) is 0 Å². The van der Waals surface area contributed by atoms with Gasteiger partial charge in [-0.25, -0.2) is 8.42 Å². The fourth-order valence-corrected chi connectivity index (χ4v) is 3.89. The minimum Gasteiger partial charge on any atom is -0.279 e. The molecule has 0 spiro atoms. The molecule has 0 aliphatic heterocycles. The monoisotopic (exact) mass is 345 g/mol. The number of benzene rings is 2. The highest BCUT2D eigenvalue weighted by Crippen LogP contribution is 2.27. The summed E-state index contributed by atoms with van der Waals surface area (Å²) in [6.07, 6.45) is 6.06. The molecular weight excluding hydrogens is 318 g/mol. The summed E-state index contributed by atoms with van der Waals surface area (Å²) in [5, 5.41) is 0. The van der Waals surface area contributed by atoms with Crippen LogP contribution in [0.15, 0.2) is 53.4 Å². The van der Waals surface area contributed by atoms with Crippen molar-refractivity contribution >= 4 is 15.7 Å². The van der Waals surface area contributed by atoms with E-state index in [1.165, 1.54) is 0 Å². The Balaban J connectivity index is 2.38. The van der Waals surface area contributed by atoms with Gasteiger partial charge in [-0.1, -0.05) is 63.1 Å². The first-order valence-electron chi connectivity index (χ1n) is 8.77. The van der Waals surface area contributed by atoms with Gasteiger partial charge < -0.3 is 0 Å². The minimum atomic E-state index is -3.56. The topological polar surface area (TPSA) is 46.2 Å². The second-order valence-corrected chi connectivity index (χ2v) is 7.76. The number of rotatable bonds is 9. The number of nitrogens with one attached hydrogen (secondary N) is 1. The molecule has 0 heterocycles. The van der Waals surface area contributed by atoms with Crippen LogP contribution in [0, 0.1) is 0 Å². The molecule has 2 rings (SSSR count). The quantitative estimate of drug-likeness (QED) is 0.681. The second-order valence-electron chi connectivity index (χ2n) is 6.08. The number of sulfonamides is 1. The predicted molar refractivity (Wildman–Crippen MR) is 101 cm³/mol. The average Bonchev–Trinajstić information content (AvgIpc) is 2.60. The van der Waals surface area contributed by atoms with E-state index in [2.05, 4.69) is 18.6 Å². The third kappa shape index (κ3) is 4.84. The molecular formula is C20H27NO2S. The summed E-state index contributed by atoms with van der Waals surface area (Å²) >= 11 is 0. The number of para-hydroxylation sites is 1. The Bertz CT molecular complexity index is 713. The molecule has 24 heavy (non-hydrogen) atoms. The molecule has 130 valence electrons. The molecule has 4 heteroatoms. The summed E-state index contributed by atoms with van der Waals surface area (Å²) in [6, 6.07) is 14.7. The van der Waals surface area contributed by atoms with Crippen molar-refractivity contribution in [2.24, 2.45) is 0 Å². The zero-order valence-corrected chi connectivity index (χ0v) is 15.4. The van der Waals surface area contributed by atoms with Crippen molar-refractivity contribution < 1.29 is 8.42 Å². The van der Waals surface area contributed by atoms with Gasteiger partial charge in [-0.15, -0.1) is 0 Å². The standard InChI is InChI=1S/C20H27NO2S/c1-3-5-11-17-13-10-14-18(12-6-4-2)20(17)21-24(22,23)19-15-8-7-9-16-19/h7-10,13-16,21H,3-6,11-12H2,1-2H3. The Morgan fingerprint density at radius 2 is 1.33 bits per heavy atom. The van der Waals surface area contributed by atoms with Gasteiger partial charge in [0, 0.05) is 0 Å². The van der Waals surface area contributed by atoms with E-state index >= 15 is 0 Å². The van der Waals surface area contributed by atoms with Crippen LogP contribution in [0.2, 0.25) is 0 Å². The zero-order valence-electron chi connectivity index (χ0n) is 14.6. The Morgan fingerprint density at radius 3 is 1.83 bits per heavy atom. The first-order valence-corrected chi connectivity index (χ1v) is 10.3. The molecule has 0 saturated carbocycles. The Hall–Kier alpha value is -1.81. The van der Waals surface area contributed by atoms with E-state index in [1.54, 1.807) is 24.3 Å². The molecule has 0 radical (unpaired) electrons. The van der Waals surface area contributed by atoms with Gasteiger partial charge in [-0.3, -0.25) is 4.72 Å². The molecule has 2 aromatic carbocycles. The fraction of sp³-hybridized carbons (Fsp3) is 0.400. The van der Waals surface area contributed by atoms with E-state index in [9.17, 15) is 8.42 Å². The van der Waals surface area contributed by atoms with Crippen LogP contribution < -0.4 is 4.72 Å². The van der Waals surface area contributed by atoms with Crippen LogP contribution in [-0.2, 0) is 22.9 Å². The average molecular weight is 346 g/mol. The van der Waals surface area contributed by atoms with E-state index < -0.39 is 10.0 Å². The van der Waals surface area contributed by atoms with Crippen molar-refractivity contribution in [3.63, 3.8) is 0 Å². The van der Waals surface area contributed by atoms with Crippen LogP contribution in [0.3, 0.4) is 0 Å².